The van der Waals surface area contributed by atoms with E-state index in [4.69, 9.17) is 5.11 Å². The molecule has 2 N–H and O–H groups in total. The molecule has 2 aromatic rings. The first-order chi connectivity index (χ1) is 9.51. The summed E-state index contributed by atoms with van der Waals surface area (Å²) in [5, 5.41) is 16.0. The summed E-state index contributed by atoms with van der Waals surface area (Å²) in [6.07, 6.45) is 2.69. The van der Waals surface area contributed by atoms with E-state index < -0.39 is 11.8 Å². The predicted octanol–water partition coefficient (Wildman–Crippen LogP) is 2.43. The van der Waals surface area contributed by atoms with Crippen LogP contribution in [0.25, 0.3) is 0 Å². The summed E-state index contributed by atoms with van der Waals surface area (Å²) in [5.74, 6) is -1.72. The van der Waals surface area contributed by atoms with E-state index in [0.717, 1.165) is 23.7 Å². The molecule has 0 saturated carbocycles. The largest absolute Gasteiger partial charge is 0.478 e. The molecule has 0 saturated heterocycles. The Kier molecular flexibility index (Phi) is 4.02. The Hall–Kier alpha value is -2.37. The van der Waals surface area contributed by atoms with Gasteiger partial charge in [-0.15, -0.1) is 0 Å². The van der Waals surface area contributed by atoms with E-state index >= 15 is 0 Å². The van der Waals surface area contributed by atoms with Gasteiger partial charge in [0.25, 0.3) is 0 Å². The molecule has 1 aromatic heterocycles. The van der Waals surface area contributed by atoms with E-state index in [0.29, 0.717) is 6.54 Å². The monoisotopic (exact) mass is 277 g/mol. The first-order valence-electron chi connectivity index (χ1n) is 6.29. The van der Waals surface area contributed by atoms with Gasteiger partial charge in [-0.05, 0) is 24.6 Å². The van der Waals surface area contributed by atoms with Gasteiger partial charge in [-0.3, -0.25) is 4.68 Å². The molecule has 2 rings (SSSR count). The maximum absolute atomic E-state index is 13.8. The normalized spacial score (nSPS) is 10.6. The topological polar surface area (TPSA) is 67.2 Å². The van der Waals surface area contributed by atoms with Crippen LogP contribution >= 0.6 is 0 Å². The van der Waals surface area contributed by atoms with Crippen molar-refractivity contribution in [3.05, 3.63) is 47.0 Å². The fourth-order valence-electron chi connectivity index (χ4n) is 2.01. The molecule has 0 aliphatic heterocycles. The summed E-state index contributed by atoms with van der Waals surface area (Å²) in [6.45, 7) is 2.45. The van der Waals surface area contributed by atoms with Crippen molar-refractivity contribution in [1.29, 1.82) is 0 Å². The number of aromatic carboxylic acids is 1. The van der Waals surface area contributed by atoms with Gasteiger partial charge < -0.3 is 10.4 Å². The van der Waals surface area contributed by atoms with Crippen LogP contribution in [0.15, 0.2) is 24.4 Å². The summed E-state index contributed by atoms with van der Waals surface area (Å²) in [5.41, 5.74) is 2.17. The lowest BCUT2D eigenvalue weighted by molar-refractivity contribution is 0.0696. The summed E-state index contributed by atoms with van der Waals surface area (Å²) < 4.78 is 15.5. The summed E-state index contributed by atoms with van der Waals surface area (Å²) in [7, 11) is 1.84. The molecule has 1 aromatic carbocycles. The predicted molar refractivity (Wildman–Crippen MR) is 73.3 cm³/mol. The van der Waals surface area contributed by atoms with Crippen molar-refractivity contribution in [1.82, 2.24) is 9.78 Å². The van der Waals surface area contributed by atoms with Gasteiger partial charge in [0.1, 0.15) is 5.82 Å². The van der Waals surface area contributed by atoms with Crippen LogP contribution in [0.4, 0.5) is 10.1 Å². The molecule has 0 aliphatic rings. The summed E-state index contributed by atoms with van der Waals surface area (Å²) in [4.78, 5) is 10.7. The van der Waals surface area contributed by atoms with Gasteiger partial charge in [-0.25, -0.2) is 9.18 Å². The van der Waals surface area contributed by atoms with Crippen LogP contribution in [-0.2, 0) is 20.0 Å². The molecular weight excluding hydrogens is 261 g/mol. The van der Waals surface area contributed by atoms with E-state index in [1.807, 2.05) is 20.2 Å². The molecule has 0 unspecified atom stereocenters. The Morgan fingerprint density at radius 1 is 1.50 bits per heavy atom. The third-order valence-electron chi connectivity index (χ3n) is 3.01. The molecule has 6 heteroatoms. The van der Waals surface area contributed by atoms with Crippen LogP contribution < -0.4 is 5.32 Å². The highest BCUT2D eigenvalue weighted by Gasteiger charge is 2.10. The Morgan fingerprint density at radius 2 is 2.25 bits per heavy atom. The van der Waals surface area contributed by atoms with Crippen LogP contribution in [0.5, 0.6) is 0 Å². The second kappa shape index (κ2) is 5.73. The van der Waals surface area contributed by atoms with E-state index in [1.54, 1.807) is 4.68 Å². The number of carboxylic acids is 1. The molecule has 106 valence electrons. The number of carboxylic acid groups (broad SMARTS) is 1. The maximum Gasteiger partial charge on any atom is 0.335 e. The van der Waals surface area contributed by atoms with Gasteiger partial charge in [0.15, 0.2) is 0 Å². The second-order valence-electron chi connectivity index (χ2n) is 4.48. The van der Waals surface area contributed by atoms with E-state index in [2.05, 4.69) is 10.4 Å². The van der Waals surface area contributed by atoms with Crippen molar-refractivity contribution in [2.75, 3.05) is 5.32 Å². The zero-order valence-electron chi connectivity index (χ0n) is 11.4. The third kappa shape index (κ3) is 2.96. The lowest BCUT2D eigenvalue weighted by Crippen LogP contribution is -2.04. The lowest BCUT2D eigenvalue weighted by Gasteiger charge is -2.08. The van der Waals surface area contributed by atoms with Gasteiger partial charge in [0.2, 0.25) is 0 Å². The summed E-state index contributed by atoms with van der Waals surface area (Å²) in [6, 6.07) is 3.81. The van der Waals surface area contributed by atoms with Crippen LogP contribution in [0.1, 0.15) is 28.5 Å². The molecule has 0 bridgehead atoms. The third-order valence-corrected chi connectivity index (χ3v) is 3.01. The van der Waals surface area contributed by atoms with Crippen LogP contribution in [0, 0.1) is 5.82 Å². The zero-order chi connectivity index (χ0) is 14.7. The number of carbonyl (C=O) groups is 1. The molecule has 5 nitrogen and oxygen atoms in total. The minimum absolute atomic E-state index is 0.0660. The van der Waals surface area contributed by atoms with Crippen molar-refractivity contribution in [2.45, 2.75) is 19.9 Å². The molecule has 0 radical (unpaired) electrons. The highest BCUT2D eigenvalue weighted by atomic mass is 19.1. The highest BCUT2D eigenvalue weighted by molar-refractivity contribution is 5.88. The molecule has 0 spiro atoms. The quantitative estimate of drug-likeness (QED) is 0.880. The smallest absolute Gasteiger partial charge is 0.335 e. The fourth-order valence-corrected chi connectivity index (χ4v) is 2.01. The second-order valence-corrected chi connectivity index (χ2v) is 4.48. The Bertz CT molecular complexity index is 637. The number of rotatable bonds is 5. The maximum atomic E-state index is 13.8. The number of benzene rings is 1. The van der Waals surface area contributed by atoms with Crippen molar-refractivity contribution in [2.24, 2.45) is 7.05 Å². The zero-order valence-corrected chi connectivity index (χ0v) is 11.4. The van der Waals surface area contributed by atoms with Gasteiger partial charge in [0.05, 0.1) is 16.9 Å². The number of hydrogen-bond donors (Lipinski definition) is 2. The van der Waals surface area contributed by atoms with E-state index in [9.17, 15) is 9.18 Å². The van der Waals surface area contributed by atoms with Crippen LogP contribution in [-0.4, -0.2) is 20.9 Å². The van der Waals surface area contributed by atoms with Crippen molar-refractivity contribution in [3.63, 3.8) is 0 Å². The van der Waals surface area contributed by atoms with E-state index in [1.165, 1.54) is 12.1 Å². The number of halogens is 1. The Labute approximate surface area is 116 Å². The number of nitrogens with zero attached hydrogens (tertiary/aromatic N) is 2. The average Bonchev–Trinajstić information content (AvgIpc) is 2.77. The minimum Gasteiger partial charge on any atom is -0.478 e. The van der Waals surface area contributed by atoms with E-state index in [-0.39, 0.29) is 11.3 Å². The SMILES string of the molecule is CCc1nn(C)cc1CNc1ccc(C(=O)O)cc1F. The van der Waals surface area contributed by atoms with Gasteiger partial charge in [-0.1, -0.05) is 6.92 Å². The van der Waals surface area contributed by atoms with Gasteiger partial charge in [-0.2, -0.15) is 5.10 Å². The number of anilines is 1. The molecular formula is C14H16FN3O2. The Morgan fingerprint density at radius 3 is 2.85 bits per heavy atom. The first-order valence-corrected chi connectivity index (χ1v) is 6.29. The van der Waals surface area contributed by atoms with Crippen LogP contribution in [0.3, 0.4) is 0 Å². The van der Waals surface area contributed by atoms with Gasteiger partial charge in [0, 0.05) is 25.4 Å². The van der Waals surface area contributed by atoms with Crippen molar-refractivity contribution in [3.8, 4) is 0 Å². The Balaban J connectivity index is 2.12. The standard InChI is InChI=1S/C14H16FN3O2/c1-3-12-10(8-18(2)17-12)7-16-13-5-4-9(14(19)20)6-11(13)15/h4-6,8,16H,3,7H2,1-2H3,(H,19,20). The van der Waals surface area contributed by atoms with Crippen molar-refractivity contribution >= 4 is 11.7 Å². The van der Waals surface area contributed by atoms with Crippen LogP contribution in [0.2, 0.25) is 0 Å². The molecule has 0 amide bonds. The molecule has 1 heterocycles. The fraction of sp³-hybridized carbons (Fsp3) is 0.286. The van der Waals surface area contributed by atoms with Crippen molar-refractivity contribution < 1.29 is 14.3 Å². The molecule has 0 aliphatic carbocycles. The minimum atomic E-state index is -1.14. The molecule has 0 fully saturated rings. The van der Waals surface area contributed by atoms with Gasteiger partial charge >= 0.3 is 5.97 Å². The number of nitrogens with one attached hydrogen (secondary N) is 1. The number of aryl methyl sites for hydroxylation is 2. The average molecular weight is 277 g/mol. The summed E-state index contributed by atoms with van der Waals surface area (Å²) >= 11 is 0. The number of aromatic nitrogens is 2. The first kappa shape index (κ1) is 14.0. The highest BCUT2D eigenvalue weighted by Crippen LogP contribution is 2.18. The number of hydrogen-bond acceptors (Lipinski definition) is 3. The lowest BCUT2D eigenvalue weighted by atomic mass is 10.1. The molecule has 20 heavy (non-hydrogen) atoms. The molecule has 0 atom stereocenters.